The number of aromatic nitrogens is 1. The minimum absolute atomic E-state index is 0.0100. The van der Waals surface area contributed by atoms with Crippen molar-refractivity contribution in [3.05, 3.63) is 59.8 Å². The Balaban J connectivity index is 1.72. The van der Waals surface area contributed by atoms with Crippen LogP contribution in [0.25, 0.3) is 10.9 Å². The first kappa shape index (κ1) is 18.5. The van der Waals surface area contributed by atoms with Crippen LogP contribution in [-0.4, -0.2) is 47.9 Å². The van der Waals surface area contributed by atoms with E-state index >= 15 is 0 Å². The number of amides is 1. The van der Waals surface area contributed by atoms with Gasteiger partial charge >= 0.3 is 0 Å². The van der Waals surface area contributed by atoms with Gasteiger partial charge in [0.15, 0.2) is 11.6 Å². The molecular weight excluding hydrogens is 392 g/mol. The number of aliphatic hydroxyl groups excluding tert-OH is 1. The molecule has 0 saturated carbocycles. The monoisotopic (exact) mass is 407 g/mol. The molecule has 146 valence electrons. The Bertz CT molecular complexity index is 1190. The largest absolute Gasteiger partial charge is 0.390 e. The second-order valence-electron chi connectivity index (χ2n) is 6.47. The molecule has 7 nitrogen and oxygen atoms in total. The molecule has 0 aliphatic carbocycles. The molecule has 0 unspecified atom stereocenters. The number of H-pyrrole nitrogens is 1. The SMILES string of the molecule is O=C(Nc1ccc(F)c(F)c1)c1cc(S(=O)(=O)N2CC(O)C2)cc2cc[nH]c12. The normalized spacial score (nSPS) is 15.5. The number of aliphatic hydroxyl groups is 1. The Hall–Kier alpha value is -2.82. The van der Waals surface area contributed by atoms with Crippen LogP contribution in [0.15, 0.2) is 47.5 Å². The maximum atomic E-state index is 13.4. The zero-order valence-corrected chi connectivity index (χ0v) is 15.1. The van der Waals surface area contributed by atoms with E-state index in [2.05, 4.69) is 10.3 Å². The molecule has 2 heterocycles. The van der Waals surface area contributed by atoms with Gasteiger partial charge in [-0.15, -0.1) is 0 Å². The zero-order valence-electron chi connectivity index (χ0n) is 14.3. The lowest BCUT2D eigenvalue weighted by molar-refractivity contribution is 0.0548. The number of sulfonamides is 1. The van der Waals surface area contributed by atoms with Crippen LogP contribution in [0, 0.1) is 11.6 Å². The van der Waals surface area contributed by atoms with E-state index in [9.17, 15) is 27.1 Å². The molecule has 1 aromatic heterocycles. The highest BCUT2D eigenvalue weighted by Crippen LogP contribution is 2.28. The van der Waals surface area contributed by atoms with E-state index in [1.54, 1.807) is 12.3 Å². The number of benzene rings is 2. The number of carbonyl (C=O) groups is 1. The zero-order chi connectivity index (χ0) is 20.1. The molecule has 28 heavy (non-hydrogen) atoms. The summed E-state index contributed by atoms with van der Waals surface area (Å²) in [4.78, 5) is 15.5. The lowest BCUT2D eigenvalue weighted by Gasteiger charge is -2.34. The molecule has 3 N–H and O–H groups in total. The van der Waals surface area contributed by atoms with Gasteiger partial charge in [0.05, 0.1) is 22.1 Å². The summed E-state index contributed by atoms with van der Waals surface area (Å²) in [6, 6.07) is 7.18. The molecule has 1 amide bonds. The minimum atomic E-state index is -3.88. The second kappa shape index (κ2) is 6.66. The average Bonchev–Trinajstić information content (AvgIpc) is 3.09. The molecule has 0 atom stereocenters. The third kappa shape index (κ3) is 3.15. The van der Waals surface area contributed by atoms with Gasteiger partial charge in [0.2, 0.25) is 10.0 Å². The van der Waals surface area contributed by atoms with Gasteiger partial charge < -0.3 is 15.4 Å². The van der Waals surface area contributed by atoms with Crippen molar-refractivity contribution in [1.82, 2.24) is 9.29 Å². The van der Waals surface area contributed by atoms with Crippen molar-refractivity contribution in [2.24, 2.45) is 0 Å². The highest BCUT2D eigenvalue weighted by Gasteiger charge is 2.36. The quantitative estimate of drug-likeness (QED) is 0.616. The van der Waals surface area contributed by atoms with Gasteiger partial charge in [-0.3, -0.25) is 4.79 Å². The molecule has 0 spiro atoms. The summed E-state index contributed by atoms with van der Waals surface area (Å²) in [5, 5.41) is 12.3. The van der Waals surface area contributed by atoms with Crippen molar-refractivity contribution in [3.63, 3.8) is 0 Å². The molecule has 1 fully saturated rings. The Morgan fingerprint density at radius 3 is 2.57 bits per heavy atom. The van der Waals surface area contributed by atoms with E-state index in [1.807, 2.05) is 0 Å². The average molecular weight is 407 g/mol. The third-order valence-corrected chi connectivity index (χ3v) is 6.33. The number of β-amino-alcohol motifs (C(OH)–C–C–N with tert-alkyl or cyclic N) is 1. The molecule has 10 heteroatoms. The Morgan fingerprint density at radius 2 is 1.89 bits per heavy atom. The highest BCUT2D eigenvalue weighted by atomic mass is 32.2. The van der Waals surface area contributed by atoms with Gasteiger partial charge in [-0.1, -0.05) is 0 Å². The molecule has 1 aliphatic rings. The van der Waals surface area contributed by atoms with Crippen LogP contribution in [0.1, 0.15) is 10.4 Å². The molecule has 0 radical (unpaired) electrons. The molecule has 2 aromatic carbocycles. The van der Waals surface area contributed by atoms with E-state index in [1.165, 1.54) is 18.2 Å². The fourth-order valence-corrected chi connectivity index (χ4v) is 4.58. The number of rotatable bonds is 4. The number of carbonyl (C=O) groups excluding carboxylic acids is 1. The number of nitrogens with one attached hydrogen (secondary N) is 2. The first-order chi connectivity index (χ1) is 13.3. The van der Waals surface area contributed by atoms with Gasteiger partial charge in [0, 0.05) is 36.4 Å². The van der Waals surface area contributed by atoms with Crippen molar-refractivity contribution in [1.29, 1.82) is 0 Å². The van der Waals surface area contributed by atoms with Gasteiger partial charge in [0.1, 0.15) is 0 Å². The van der Waals surface area contributed by atoms with Crippen LogP contribution in [0.3, 0.4) is 0 Å². The number of halogens is 2. The number of hydrogen-bond acceptors (Lipinski definition) is 4. The topological polar surface area (TPSA) is 102 Å². The molecule has 1 aliphatic heterocycles. The maximum Gasteiger partial charge on any atom is 0.257 e. The Morgan fingerprint density at radius 1 is 1.14 bits per heavy atom. The second-order valence-corrected chi connectivity index (χ2v) is 8.41. The van der Waals surface area contributed by atoms with Crippen molar-refractivity contribution in [3.8, 4) is 0 Å². The summed E-state index contributed by atoms with van der Waals surface area (Å²) < 4.78 is 53.0. The van der Waals surface area contributed by atoms with Gasteiger partial charge in [-0.2, -0.15) is 4.31 Å². The number of nitrogens with zero attached hydrogens (tertiary/aromatic N) is 1. The van der Waals surface area contributed by atoms with Crippen molar-refractivity contribution in [2.45, 2.75) is 11.0 Å². The van der Waals surface area contributed by atoms with Gasteiger partial charge in [-0.25, -0.2) is 17.2 Å². The molecule has 4 rings (SSSR count). The predicted molar refractivity (Wildman–Crippen MR) is 97.4 cm³/mol. The van der Waals surface area contributed by atoms with Crippen LogP contribution >= 0.6 is 0 Å². The lowest BCUT2D eigenvalue weighted by Crippen LogP contribution is -2.53. The summed E-state index contributed by atoms with van der Waals surface area (Å²) in [5.41, 5.74) is 0.470. The van der Waals surface area contributed by atoms with Crippen LogP contribution in [-0.2, 0) is 10.0 Å². The first-order valence-electron chi connectivity index (χ1n) is 8.31. The number of fused-ring (bicyclic) bond motifs is 1. The highest BCUT2D eigenvalue weighted by molar-refractivity contribution is 7.89. The number of hydrogen-bond donors (Lipinski definition) is 3. The van der Waals surface area contributed by atoms with E-state index in [0.29, 0.717) is 10.9 Å². The van der Waals surface area contributed by atoms with E-state index in [-0.39, 0.29) is 29.2 Å². The van der Waals surface area contributed by atoms with Crippen molar-refractivity contribution in [2.75, 3.05) is 18.4 Å². The standard InChI is InChI=1S/C18H15F2N3O4S/c19-15-2-1-11(6-16(15)20)22-18(25)14-7-13(5-10-3-4-21-17(10)14)28(26,27)23-8-12(24)9-23/h1-7,12,21,24H,8-9H2,(H,22,25). The molecule has 0 bridgehead atoms. The maximum absolute atomic E-state index is 13.4. The van der Waals surface area contributed by atoms with Crippen molar-refractivity contribution < 1.29 is 27.1 Å². The summed E-state index contributed by atoms with van der Waals surface area (Å²) in [6.45, 7) is -0.0201. The summed E-state index contributed by atoms with van der Waals surface area (Å²) in [5.74, 6) is -2.84. The Kier molecular flexibility index (Phi) is 4.41. The lowest BCUT2D eigenvalue weighted by atomic mass is 10.1. The fourth-order valence-electron chi connectivity index (χ4n) is 3.01. The molecule has 1 saturated heterocycles. The van der Waals surface area contributed by atoms with Crippen LogP contribution in [0.2, 0.25) is 0 Å². The van der Waals surface area contributed by atoms with Gasteiger partial charge in [-0.05, 0) is 30.3 Å². The van der Waals surface area contributed by atoms with E-state index in [0.717, 1.165) is 16.4 Å². The van der Waals surface area contributed by atoms with E-state index in [4.69, 9.17) is 0 Å². The fraction of sp³-hybridized carbons (Fsp3) is 0.167. The van der Waals surface area contributed by atoms with Gasteiger partial charge in [0.25, 0.3) is 5.91 Å². The summed E-state index contributed by atoms with van der Waals surface area (Å²) >= 11 is 0. The first-order valence-corrected chi connectivity index (χ1v) is 9.75. The van der Waals surface area contributed by atoms with Crippen LogP contribution in [0.4, 0.5) is 14.5 Å². The third-order valence-electron chi connectivity index (χ3n) is 4.52. The van der Waals surface area contributed by atoms with Crippen LogP contribution in [0.5, 0.6) is 0 Å². The smallest absolute Gasteiger partial charge is 0.257 e. The number of aromatic amines is 1. The summed E-state index contributed by atoms with van der Waals surface area (Å²) in [6.07, 6.45) is 0.852. The molecule has 3 aromatic rings. The summed E-state index contributed by atoms with van der Waals surface area (Å²) in [7, 11) is -3.88. The predicted octanol–water partition coefficient (Wildman–Crippen LogP) is 2.06. The molecular formula is C18H15F2N3O4S. The number of anilines is 1. The van der Waals surface area contributed by atoms with Crippen LogP contribution < -0.4 is 5.32 Å². The van der Waals surface area contributed by atoms with E-state index < -0.39 is 33.7 Å². The minimum Gasteiger partial charge on any atom is -0.390 e. The Labute approximate surface area is 158 Å². The van der Waals surface area contributed by atoms with Crippen molar-refractivity contribution >= 4 is 32.5 Å².